The summed E-state index contributed by atoms with van der Waals surface area (Å²) in [5.74, 6) is 0.785. The zero-order chi connectivity index (χ0) is 12.3. The van der Waals surface area contributed by atoms with Crippen molar-refractivity contribution in [1.29, 1.82) is 0 Å². The van der Waals surface area contributed by atoms with Crippen LogP contribution in [0.15, 0.2) is 9.72 Å². The highest BCUT2D eigenvalue weighted by Crippen LogP contribution is 2.19. The number of terminal acetylenes is 1. The molecule has 8 heteroatoms. The van der Waals surface area contributed by atoms with E-state index in [9.17, 15) is 13.2 Å². The average molecular weight is 260 g/mol. The molecule has 1 unspecified atom stereocenters. The topological polar surface area (TPSA) is 96.4 Å². The number of nitrogens with one attached hydrogen (secondary N) is 1. The summed E-state index contributed by atoms with van der Waals surface area (Å²) in [5, 5.41) is 8.72. The van der Waals surface area contributed by atoms with E-state index < -0.39 is 27.7 Å². The largest absolute Gasteiger partial charge is 0.476 e. The van der Waals surface area contributed by atoms with Gasteiger partial charge in [0.25, 0.3) is 10.0 Å². The molecule has 0 fully saturated rings. The van der Waals surface area contributed by atoms with Crippen molar-refractivity contribution in [1.82, 2.24) is 9.71 Å². The van der Waals surface area contributed by atoms with Gasteiger partial charge in [0, 0.05) is 0 Å². The lowest BCUT2D eigenvalue weighted by atomic mass is 10.4. The molecule has 0 spiro atoms. The van der Waals surface area contributed by atoms with Crippen LogP contribution in [0.5, 0.6) is 0 Å². The van der Waals surface area contributed by atoms with Gasteiger partial charge in [-0.2, -0.15) is 4.72 Å². The van der Waals surface area contributed by atoms with Crippen molar-refractivity contribution in [2.45, 2.75) is 17.2 Å². The Kier molecular flexibility index (Phi) is 3.64. The van der Waals surface area contributed by atoms with E-state index >= 15 is 0 Å². The Labute approximate surface area is 96.4 Å². The van der Waals surface area contributed by atoms with E-state index in [0.717, 1.165) is 16.8 Å². The van der Waals surface area contributed by atoms with Crippen molar-refractivity contribution in [3.05, 3.63) is 11.2 Å². The number of aromatic carboxylic acids is 1. The summed E-state index contributed by atoms with van der Waals surface area (Å²) < 4.78 is 25.2. The summed E-state index contributed by atoms with van der Waals surface area (Å²) in [5.41, 5.74) is 0.653. The summed E-state index contributed by atoms with van der Waals surface area (Å²) in [7, 11) is -3.92. The molecule has 0 aliphatic rings. The zero-order valence-electron chi connectivity index (χ0n) is 8.17. The van der Waals surface area contributed by atoms with Gasteiger partial charge in [-0.3, -0.25) is 0 Å². The Morgan fingerprint density at radius 1 is 1.75 bits per heavy atom. The maximum Gasteiger partial charge on any atom is 0.356 e. The zero-order valence-corrected chi connectivity index (χ0v) is 9.80. The Hall–Kier alpha value is -1.43. The van der Waals surface area contributed by atoms with Crippen LogP contribution in [-0.2, 0) is 10.0 Å². The first-order valence-corrected chi connectivity index (χ1v) is 6.40. The first-order valence-electron chi connectivity index (χ1n) is 4.03. The summed E-state index contributed by atoms with van der Waals surface area (Å²) >= 11 is 0.726. The van der Waals surface area contributed by atoms with Crippen LogP contribution in [0.2, 0.25) is 0 Å². The standard InChI is InChI=1S/C8H8N2O4S2/c1-3-5(2)10-16(13,14)8-6(7(11)12)9-4-15-8/h1,4-5,10H,2H3,(H,11,12). The number of carboxylic acid groups (broad SMARTS) is 1. The first-order chi connectivity index (χ1) is 7.38. The molecule has 0 aliphatic carbocycles. The summed E-state index contributed by atoms with van der Waals surface area (Å²) in [6.07, 6.45) is 5.02. The molecule has 2 N–H and O–H groups in total. The van der Waals surface area contributed by atoms with Gasteiger partial charge in [-0.05, 0) is 6.92 Å². The summed E-state index contributed by atoms with van der Waals surface area (Å²) in [6.45, 7) is 1.47. The van der Waals surface area contributed by atoms with E-state index in [4.69, 9.17) is 11.5 Å². The second-order valence-corrected chi connectivity index (χ2v) is 5.57. The van der Waals surface area contributed by atoms with Crippen LogP contribution >= 0.6 is 11.3 Å². The lowest BCUT2D eigenvalue weighted by molar-refractivity contribution is 0.0687. The minimum atomic E-state index is -3.92. The average Bonchev–Trinajstić information content (AvgIpc) is 2.65. The fraction of sp³-hybridized carbons (Fsp3) is 0.250. The molecule has 0 aromatic carbocycles. The fourth-order valence-corrected chi connectivity index (χ4v) is 3.21. The Morgan fingerprint density at radius 3 is 2.88 bits per heavy atom. The van der Waals surface area contributed by atoms with Crippen molar-refractivity contribution < 1.29 is 18.3 Å². The molecule has 1 rings (SSSR count). The van der Waals surface area contributed by atoms with Crippen molar-refractivity contribution in [3.63, 3.8) is 0 Å². The van der Waals surface area contributed by atoms with E-state index in [1.807, 2.05) is 0 Å². The number of hydrogen-bond acceptors (Lipinski definition) is 5. The minimum Gasteiger partial charge on any atom is -0.476 e. The van der Waals surface area contributed by atoms with E-state index in [2.05, 4.69) is 15.6 Å². The first kappa shape index (κ1) is 12.6. The predicted octanol–water partition coefficient (Wildman–Crippen LogP) is 0.141. The van der Waals surface area contributed by atoms with Crippen LogP contribution in [0.3, 0.4) is 0 Å². The van der Waals surface area contributed by atoms with E-state index in [-0.39, 0.29) is 4.21 Å². The maximum absolute atomic E-state index is 11.7. The molecule has 1 heterocycles. The molecule has 0 bridgehead atoms. The van der Waals surface area contributed by atoms with Gasteiger partial charge in [0.05, 0.1) is 11.6 Å². The number of nitrogens with zero attached hydrogens (tertiary/aromatic N) is 1. The molecule has 1 aromatic rings. The predicted molar refractivity (Wildman–Crippen MR) is 57.7 cm³/mol. The SMILES string of the molecule is C#CC(C)NS(=O)(=O)c1scnc1C(=O)O. The van der Waals surface area contributed by atoms with Crippen LogP contribution in [-0.4, -0.2) is 30.5 Å². The highest BCUT2D eigenvalue weighted by Gasteiger charge is 2.26. The molecular weight excluding hydrogens is 252 g/mol. The maximum atomic E-state index is 11.7. The van der Waals surface area contributed by atoms with Gasteiger partial charge in [0.1, 0.15) is 0 Å². The van der Waals surface area contributed by atoms with Gasteiger partial charge < -0.3 is 5.11 Å². The Bertz CT molecular complexity index is 541. The molecule has 0 saturated carbocycles. The molecule has 0 radical (unpaired) electrons. The molecule has 16 heavy (non-hydrogen) atoms. The van der Waals surface area contributed by atoms with Gasteiger partial charge in [-0.15, -0.1) is 17.8 Å². The number of rotatable bonds is 4. The number of carbonyl (C=O) groups is 1. The normalized spacial score (nSPS) is 13.0. The molecular formula is C8H8N2O4S2. The molecule has 1 atom stereocenters. The number of sulfonamides is 1. The molecule has 86 valence electrons. The fourth-order valence-electron chi connectivity index (χ4n) is 0.889. The molecule has 1 aromatic heterocycles. The number of thiazole rings is 1. The lowest BCUT2D eigenvalue weighted by Crippen LogP contribution is -2.31. The van der Waals surface area contributed by atoms with E-state index in [1.54, 1.807) is 0 Å². The monoisotopic (exact) mass is 260 g/mol. The van der Waals surface area contributed by atoms with Gasteiger partial charge in [0.2, 0.25) is 0 Å². The van der Waals surface area contributed by atoms with Crippen molar-refractivity contribution in [2.24, 2.45) is 0 Å². The van der Waals surface area contributed by atoms with Crippen LogP contribution in [0, 0.1) is 12.3 Å². The summed E-state index contributed by atoms with van der Waals surface area (Å²) in [4.78, 5) is 14.2. The van der Waals surface area contributed by atoms with Crippen LogP contribution in [0.1, 0.15) is 17.4 Å². The van der Waals surface area contributed by atoms with Gasteiger partial charge >= 0.3 is 5.97 Å². The van der Waals surface area contributed by atoms with Crippen LogP contribution in [0.4, 0.5) is 0 Å². The minimum absolute atomic E-state index is 0.345. The van der Waals surface area contributed by atoms with Crippen molar-refractivity contribution in [2.75, 3.05) is 0 Å². The van der Waals surface area contributed by atoms with Crippen molar-refractivity contribution in [3.8, 4) is 12.3 Å². The third-order valence-electron chi connectivity index (χ3n) is 1.56. The smallest absolute Gasteiger partial charge is 0.356 e. The molecule has 0 saturated heterocycles. The van der Waals surface area contributed by atoms with Crippen LogP contribution in [0.25, 0.3) is 0 Å². The quantitative estimate of drug-likeness (QED) is 0.751. The van der Waals surface area contributed by atoms with Crippen LogP contribution < -0.4 is 4.72 Å². The Balaban J connectivity index is 3.14. The second-order valence-electron chi connectivity index (χ2n) is 2.80. The molecule has 6 nitrogen and oxygen atoms in total. The summed E-state index contributed by atoms with van der Waals surface area (Å²) in [6, 6.07) is -0.714. The lowest BCUT2D eigenvalue weighted by Gasteiger charge is -2.07. The van der Waals surface area contributed by atoms with E-state index in [0.29, 0.717) is 0 Å². The second kappa shape index (κ2) is 4.61. The third-order valence-corrected chi connectivity index (χ3v) is 4.47. The van der Waals surface area contributed by atoms with Gasteiger partial charge in [0.15, 0.2) is 9.90 Å². The molecule has 0 aliphatic heterocycles. The Morgan fingerprint density at radius 2 is 2.38 bits per heavy atom. The number of aromatic nitrogens is 1. The number of hydrogen-bond donors (Lipinski definition) is 2. The molecule has 0 amide bonds. The highest BCUT2D eigenvalue weighted by molar-refractivity contribution is 7.91. The van der Waals surface area contributed by atoms with E-state index in [1.165, 1.54) is 6.92 Å². The van der Waals surface area contributed by atoms with Crippen molar-refractivity contribution >= 4 is 27.3 Å². The van der Waals surface area contributed by atoms with Gasteiger partial charge in [-0.25, -0.2) is 18.2 Å². The van der Waals surface area contributed by atoms with Gasteiger partial charge in [-0.1, -0.05) is 5.92 Å². The highest BCUT2D eigenvalue weighted by atomic mass is 32.2. The number of carboxylic acids is 1. The third kappa shape index (κ3) is 2.57.